The van der Waals surface area contributed by atoms with Gasteiger partial charge in [0.15, 0.2) is 0 Å². The lowest BCUT2D eigenvalue weighted by Gasteiger charge is -2.24. The Balaban J connectivity index is 2.01. The van der Waals surface area contributed by atoms with Gasteiger partial charge in [0.2, 0.25) is 0 Å². The molecular formula is C15H18N2O4. The second-order valence-electron chi connectivity index (χ2n) is 5.55. The van der Waals surface area contributed by atoms with Crippen LogP contribution in [0.15, 0.2) is 18.2 Å². The molecule has 1 aromatic carbocycles. The number of anilines is 1. The van der Waals surface area contributed by atoms with E-state index in [0.717, 1.165) is 23.3 Å². The van der Waals surface area contributed by atoms with Gasteiger partial charge in [0.05, 0.1) is 18.9 Å². The van der Waals surface area contributed by atoms with E-state index in [4.69, 9.17) is 9.47 Å². The highest BCUT2D eigenvalue weighted by Gasteiger charge is 2.49. The molecule has 21 heavy (non-hydrogen) atoms. The summed E-state index contributed by atoms with van der Waals surface area (Å²) in [5.41, 5.74) is 0.498. The third-order valence-corrected chi connectivity index (χ3v) is 3.85. The van der Waals surface area contributed by atoms with E-state index in [1.54, 1.807) is 13.0 Å². The standard InChI is InChI=1S/C15H18N2O4/c1-15(9-20-2)13(18)17(14(19)16-15)11-7-3-5-10-6-4-8-21-12(10)11/h3,5,7H,4,6,8-9H2,1-2H3,(H,16,19). The van der Waals surface area contributed by atoms with Gasteiger partial charge < -0.3 is 14.8 Å². The molecule has 2 heterocycles. The van der Waals surface area contributed by atoms with E-state index in [0.29, 0.717) is 18.0 Å². The Morgan fingerprint density at radius 1 is 1.43 bits per heavy atom. The minimum absolute atomic E-state index is 0.129. The van der Waals surface area contributed by atoms with Crippen LogP contribution in [0.5, 0.6) is 5.75 Å². The fourth-order valence-electron chi connectivity index (χ4n) is 2.84. The molecule has 1 unspecified atom stereocenters. The predicted molar refractivity (Wildman–Crippen MR) is 76.6 cm³/mol. The minimum Gasteiger partial charge on any atom is -0.491 e. The van der Waals surface area contributed by atoms with Gasteiger partial charge >= 0.3 is 6.03 Å². The van der Waals surface area contributed by atoms with Crippen LogP contribution in [0, 0.1) is 0 Å². The van der Waals surface area contributed by atoms with Crippen molar-refractivity contribution in [3.05, 3.63) is 23.8 Å². The van der Waals surface area contributed by atoms with E-state index in [-0.39, 0.29) is 12.5 Å². The van der Waals surface area contributed by atoms with Crippen molar-refractivity contribution in [3.8, 4) is 5.75 Å². The van der Waals surface area contributed by atoms with Crippen molar-refractivity contribution in [3.63, 3.8) is 0 Å². The predicted octanol–water partition coefficient (Wildman–Crippen LogP) is 1.47. The molecule has 112 valence electrons. The largest absolute Gasteiger partial charge is 0.491 e. The monoisotopic (exact) mass is 290 g/mol. The molecule has 0 aliphatic carbocycles. The van der Waals surface area contributed by atoms with E-state index in [2.05, 4.69) is 5.32 Å². The van der Waals surface area contributed by atoms with Gasteiger partial charge in [-0.2, -0.15) is 0 Å². The number of aryl methyl sites for hydroxylation is 1. The molecule has 3 rings (SSSR count). The highest BCUT2D eigenvalue weighted by atomic mass is 16.5. The van der Waals surface area contributed by atoms with Crippen LogP contribution in [0.2, 0.25) is 0 Å². The van der Waals surface area contributed by atoms with Gasteiger partial charge in [-0.25, -0.2) is 9.69 Å². The van der Waals surface area contributed by atoms with Crippen molar-refractivity contribution in [1.29, 1.82) is 0 Å². The van der Waals surface area contributed by atoms with Gasteiger partial charge in [-0.1, -0.05) is 12.1 Å². The first kappa shape index (κ1) is 13.9. The molecule has 0 aromatic heterocycles. The lowest BCUT2D eigenvalue weighted by Crippen LogP contribution is -2.48. The first-order chi connectivity index (χ1) is 10.1. The Morgan fingerprint density at radius 3 is 3.00 bits per heavy atom. The van der Waals surface area contributed by atoms with Gasteiger partial charge in [0, 0.05) is 7.11 Å². The maximum atomic E-state index is 12.6. The van der Waals surface area contributed by atoms with Gasteiger partial charge in [-0.3, -0.25) is 4.79 Å². The van der Waals surface area contributed by atoms with E-state index in [1.807, 2.05) is 12.1 Å². The van der Waals surface area contributed by atoms with Gasteiger partial charge in [0.25, 0.3) is 5.91 Å². The number of ether oxygens (including phenoxy) is 2. The van der Waals surface area contributed by atoms with Crippen molar-refractivity contribution in [2.45, 2.75) is 25.3 Å². The number of carbonyl (C=O) groups excluding carboxylic acids is 2. The molecular weight excluding hydrogens is 272 g/mol. The summed E-state index contributed by atoms with van der Waals surface area (Å²) >= 11 is 0. The maximum absolute atomic E-state index is 12.6. The van der Waals surface area contributed by atoms with Crippen molar-refractivity contribution >= 4 is 17.6 Å². The molecule has 1 fully saturated rings. The second kappa shape index (κ2) is 5.04. The quantitative estimate of drug-likeness (QED) is 0.856. The van der Waals surface area contributed by atoms with Crippen molar-refractivity contribution in [2.75, 3.05) is 25.2 Å². The number of hydrogen-bond acceptors (Lipinski definition) is 4. The number of para-hydroxylation sites is 1. The van der Waals surface area contributed by atoms with Crippen LogP contribution in [-0.4, -0.2) is 37.8 Å². The SMILES string of the molecule is COCC1(C)NC(=O)N(c2cccc3c2OCCC3)C1=O. The topological polar surface area (TPSA) is 67.9 Å². The lowest BCUT2D eigenvalue weighted by atomic mass is 10.0. The molecule has 1 N–H and O–H groups in total. The van der Waals surface area contributed by atoms with Gasteiger partial charge in [0.1, 0.15) is 11.3 Å². The Kier molecular flexibility index (Phi) is 3.33. The number of hydrogen-bond donors (Lipinski definition) is 1. The summed E-state index contributed by atoms with van der Waals surface area (Å²) in [6, 6.07) is 5.10. The fourth-order valence-corrected chi connectivity index (χ4v) is 2.84. The second-order valence-corrected chi connectivity index (χ2v) is 5.55. The molecule has 6 heteroatoms. The van der Waals surface area contributed by atoms with Crippen molar-refractivity contribution < 1.29 is 19.1 Å². The Morgan fingerprint density at radius 2 is 2.24 bits per heavy atom. The third-order valence-electron chi connectivity index (χ3n) is 3.85. The molecule has 1 saturated heterocycles. The zero-order chi connectivity index (χ0) is 15.0. The van der Waals surface area contributed by atoms with Gasteiger partial charge in [-0.05, 0) is 31.4 Å². The first-order valence-corrected chi connectivity index (χ1v) is 6.97. The molecule has 6 nitrogen and oxygen atoms in total. The molecule has 3 amide bonds. The zero-order valence-electron chi connectivity index (χ0n) is 12.1. The third kappa shape index (κ3) is 2.15. The van der Waals surface area contributed by atoms with E-state index in [9.17, 15) is 9.59 Å². The molecule has 2 aliphatic rings. The maximum Gasteiger partial charge on any atom is 0.329 e. The number of amides is 3. The molecule has 1 atom stereocenters. The van der Waals surface area contributed by atoms with Crippen LogP contribution < -0.4 is 15.0 Å². The van der Waals surface area contributed by atoms with Crippen LogP contribution in [0.4, 0.5) is 10.5 Å². The number of fused-ring (bicyclic) bond motifs is 1. The van der Waals surface area contributed by atoms with E-state index >= 15 is 0 Å². The van der Waals surface area contributed by atoms with Crippen molar-refractivity contribution in [2.24, 2.45) is 0 Å². The number of nitrogens with one attached hydrogen (secondary N) is 1. The van der Waals surface area contributed by atoms with E-state index < -0.39 is 11.6 Å². The highest BCUT2D eigenvalue weighted by molar-refractivity contribution is 6.24. The minimum atomic E-state index is -1.04. The molecule has 1 aromatic rings. The summed E-state index contributed by atoms with van der Waals surface area (Å²) in [4.78, 5) is 26.0. The van der Waals surface area contributed by atoms with Crippen molar-refractivity contribution in [1.82, 2.24) is 5.32 Å². The summed E-state index contributed by atoms with van der Waals surface area (Å²) in [6.45, 7) is 2.39. The molecule has 0 spiro atoms. The Labute approximate surface area is 123 Å². The normalized spacial score (nSPS) is 24.6. The average molecular weight is 290 g/mol. The van der Waals surface area contributed by atoms with Crippen LogP contribution in [0.1, 0.15) is 18.9 Å². The smallest absolute Gasteiger partial charge is 0.329 e. The summed E-state index contributed by atoms with van der Waals surface area (Å²) in [5, 5.41) is 2.69. The molecule has 0 radical (unpaired) electrons. The highest BCUT2D eigenvalue weighted by Crippen LogP contribution is 2.38. The van der Waals surface area contributed by atoms with Crippen LogP contribution >= 0.6 is 0 Å². The van der Waals surface area contributed by atoms with Gasteiger partial charge in [-0.15, -0.1) is 0 Å². The van der Waals surface area contributed by atoms with Crippen LogP contribution in [0.25, 0.3) is 0 Å². The number of imide groups is 1. The summed E-state index contributed by atoms with van der Waals surface area (Å²) in [5.74, 6) is 0.311. The Bertz CT molecular complexity index is 601. The number of rotatable bonds is 3. The average Bonchev–Trinajstić information content (AvgIpc) is 2.69. The summed E-state index contributed by atoms with van der Waals surface area (Å²) in [6.07, 6.45) is 1.83. The molecule has 2 aliphatic heterocycles. The first-order valence-electron chi connectivity index (χ1n) is 6.97. The number of carbonyl (C=O) groups is 2. The fraction of sp³-hybridized carbons (Fsp3) is 0.467. The number of methoxy groups -OCH3 is 1. The molecule has 0 bridgehead atoms. The summed E-state index contributed by atoms with van der Waals surface area (Å²) in [7, 11) is 1.50. The number of nitrogens with zero attached hydrogens (tertiary/aromatic N) is 1. The summed E-state index contributed by atoms with van der Waals surface area (Å²) < 4.78 is 10.7. The Hall–Kier alpha value is -2.08. The van der Waals surface area contributed by atoms with E-state index in [1.165, 1.54) is 7.11 Å². The number of benzene rings is 1. The number of urea groups is 1. The van der Waals surface area contributed by atoms with Crippen LogP contribution in [0.3, 0.4) is 0 Å². The van der Waals surface area contributed by atoms with Crippen LogP contribution in [-0.2, 0) is 16.0 Å². The molecule has 0 saturated carbocycles. The zero-order valence-corrected chi connectivity index (χ0v) is 12.1. The lowest BCUT2D eigenvalue weighted by molar-refractivity contribution is -0.123.